The Kier molecular flexibility index (Phi) is 7.86. The van der Waals surface area contributed by atoms with Crippen molar-refractivity contribution in [1.29, 1.82) is 0 Å². The van der Waals surface area contributed by atoms with Crippen molar-refractivity contribution in [3.05, 3.63) is 16.1 Å². The summed E-state index contributed by atoms with van der Waals surface area (Å²) < 4.78 is 37.7. The third-order valence-corrected chi connectivity index (χ3v) is 6.21. The first-order chi connectivity index (χ1) is 11.9. The highest BCUT2D eigenvalue weighted by atomic mass is 32.2. The first-order valence-corrected chi connectivity index (χ1v) is 10.5. The molecule has 0 aliphatic heterocycles. The van der Waals surface area contributed by atoms with Gasteiger partial charge in [-0.1, -0.05) is 13.3 Å². The van der Waals surface area contributed by atoms with Crippen molar-refractivity contribution in [3.63, 3.8) is 0 Å². The quantitative estimate of drug-likeness (QED) is 0.567. The van der Waals surface area contributed by atoms with Gasteiger partial charge < -0.3 is 10.6 Å². The maximum Gasteiger partial charge on any atom is 0.434 e. The van der Waals surface area contributed by atoms with Gasteiger partial charge in [-0.15, -0.1) is 11.3 Å². The lowest BCUT2D eigenvalue weighted by atomic mass is 9.95. The van der Waals surface area contributed by atoms with Gasteiger partial charge in [0.05, 0.1) is 5.01 Å². The SMILES string of the molecule is CCSC1CCCC(NC(=NC)NCCc2nc(C(F)(F)F)cs2)C1. The minimum atomic E-state index is -4.37. The number of aromatic nitrogens is 1. The molecule has 0 spiro atoms. The molecule has 1 aromatic rings. The Balaban J connectivity index is 1.76. The van der Waals surface area contributed by atoms with E-state index in [0.717, 1.165) is 35.3 Å². The predicted octanol–water partition coefficient (Wildman–Crippen LogP) is 3.93. The van der Waals surface area contributed by atoms with Crippen LogP contribution in [0.2, 0.25) is 0 Å². The summed E-state index contributed by atoms with van der Waals surface area (Å²) in [7, 11) is 1.71. The summed E-state index contributed by atoms with van der Waals surface area (Å²) >= 11 is 3.05. The normalized spacial score (nSPS) is 22.0. The minimum absolute atomic E-state index is 0.403. The van der Waals surface area contributed by atoms with Crippen LogP contribution in [0.4, 0.5) is 13.2 Å². The standard InChI is InChI=1S/C16H25F3N4S2/c1-3-24-12-6-4-5-11(9-12)22-15(20-2)21-8-7-14-23-13(10-25-14)16(17,18)19/h10-12H,3-9H2,1-2H3,(H2,20,21,22). The minimum Gasteiger partial charge on any atom is -0.356 e. The molecule has 2 atom stereocenters. The van der Waals surface area contributed by atoms with Crippen LogP contribution in [-0.4, -0.2) is 41.6 Å². The van der Waals surface area contributed by atoms with Crippen LogP contribution in [0.5, 0.6) is 0 Å². The van der Waals surface area contributed by atoms with Gasteiger partial charge in [-0.05, 0) is 25.0 Å². The third-order valence-electron chi connectivity index (χ3n) is 4.07. The number of hydrogen-bond donors (Lipinski definition) is 2. The molecule has 2 N–H and O–H groups in total. The molecule has 1 aromatic heterocycles. The summed E-state index contributed by atoms with van der Waals surface area (Å²) in [6, 6.07) is 0.403. The monoisotopic (exact) mass is 394 g/mol. The van der Waals surface area contributed by atoms with E-state index in [2.05, 4.69) is 27.5 Å². The van der Waals surface area contributed by atoms with Crippen molar-refractivity contribution in [3.8, 4) is 0 Å². The summed E-state index contributed by atoms with van der Waals surface area (Å²) in [5, 5.41) is 8.86. The van der Waals surface area contributed by atoms with Crippen LogP contribution in [0.25, 0.3) is 0 Å². The number of hydrogen-bond acceptors (Lipinski definition) is 4. The van der Waals surface area contributed by atoms with Gasteiger partial charge in [0, 0.05) is 36.7 Å². The second-order valence-electron chi connectivity index (χ2n) is 5.96. The van der Waals surface area contributed by atoms with Crippen LogP contribution < -0.4 is 10.6 Å². The van der Waals surface area contributed by atoms with Crippen molar-refractivity contribution in [2.45, 2.75) is 56.5 Å². The Morgan fingerprint density at radius 2 is 2.24 bits per heavy atom. The first-order valence-electron chi connectivity index (χ1n) is 8.52. The molecular formula is C16H25F3N4S2. The van der Waals surface area contributed by atoms with Gasteiger partial charge in [0.25, 0.3) is 0 Å². The fourth-order valence-corrected chi connectivity index (χ4v) is 4.87. The molecule has 25 heavy (non-hydrogen) atoms. The van der Waals surface area contributed by atoms with Crippen molar-refractivity contribution in [2.75, 3.05) is 19.3 Å². The number of nitrogens with zero attached hydrogens (tertiary/aromatic N) is 2. The van der Waals surface area contributed by atoms with E-state index < -0.39 is 11.9 Å². The molecule has 0 saturated heterocycles. The molecule has 1 aliphatic carbocycles. The number of thioether (sulfide) groups is 1. The van der Waals surface area contributed by atoms with E-state index in [1.54, 1.807) is 7.05 Å². The molecular weight excluding hydrogens is 369 g/mol. The zero-order valence-electron chi connectivity index (χ0n) is 14.5. The van der Waals surface area contributed by atoms with Crippen LogP contribution in [0.15, 0.2) is 10.4 Å². The van der Waals surface area contributed by atoms with Crippen molar-refractivity contribution in [1.82, 2.24) is 15.6 Å². The van der Waals surface area contributed by atoms with Gasteiger partial charge in [0.2, 0.25) is 0 Å². The summed E-state index contributed by atoms with van der Waals surface area (Å²) in [6.45, 7) is 2.69. The Morgan fingerprint density at radius 3 is 2.88 bits per heavy atom. The molecule has 0 radical (unpaired) electrons. The van der Waals surface area contributed by atoms with Crippen LogP contribution in [0.1, 0.15) is 43.3 Å². The number of halogens is 3. The van der Waals surface area contributed by atoms with Gasteiger partial charge in [-0.25, -0.2) is 4.98 Å². The average molecular weight is 395 g/mol. The number of aliphatic imine (C=N–C) groups is 1. The highest BCUT2D eigenvalue weighted by molar-refractivity contribution is 7.99. The Hall–Kier alpha value is -0.960. The van der Waals surface area contributed by atoms with Gasteiger partial charge >= 0.3 is 6.18 Å². The van der Waals surface area contributed by atoms with Crippen molar-refractivity contribution >= 4 is 29.1 Å². The summed E-state index contributed by atoms with van der Waals surface area (Å²) in [6.07, 6.45) is 0.817. The Labute approximate surface area is 155 Å². The van der Waals surface area contributed by atoms with Crippen LogP contribution in [0, 0.1) is 0 Å². The highest BCUT2D eigenvalue weighted by Gasteiger charge is 2.33. The molecule has 1 saturated carbocycles. The molecule has 0 bridgehead atoms. The maximum atomic E-state index is 12.6. The van der Waals surface area contributed by atoms with E-state index in [4.69, 9.17) is 0 Å². The Bertz CT molecular complexity index is 558. The highest BCUT2D eigenvalue weighted by Crippen LogP contribution is 2.30. The Morgan fingerprint density at radius 1 is 1.44 bits per heavy atom. The van der Waals surface area contributed by atoms with Gasteiger partial charge in [-0.2, -0.15) is 24.9 Å². The molecule has 142 valence electrons. The molecule has 1 fully saturated rings. The van der Waals surface area contributed by atoms with E-state index in [-0.39, 0.29) is 0 Å². The van der Waals surface area contributed by atoms with Crippen LogP contribution in [0.3, 0.4) is 0 Å². The van der Waals surface area contributed by atoms with E-state index in [1.807, 2.05) is 11.8 Å². The number of nitrogens with one attached hydrogen (secondary N) is 2. The number of rotatable bonds is 6. The van der Waals surface area contributed by atoms with E-state index in [1.165, 1.54) is 12.8 Å². The number of alkyl halides is 3. The molecule has 9 heteroatoms. The first kappa shape index (κ1) is 20.4. The number of thiazole rings is 1. The zero-order valence-corrected chi connectivity index (χ0v) is 16.2. The lowest BCUT2D eigenvalue weighted by Gasteiger charge is -2.30. The summed E-state index contributed by atoms with van der Waals surface area (Å²) in [5.74, 6) is 1.85. The second-order valence-corrected chi connectivity index (χ2v) is 8.48. The van der Waals surface area contributed by atoms with E-state index >= 15 is 0 Å². The fraction of sp³-hybridized carbons (Fsp3) is 0.750. The van der Waals surface area contributed by atoms with Crippen LogP contribution in [-0.2, 0) is 12.6 Å². The molecule has 1 aliphatic rings. The smallest absolute Gasteiger partial charge is 0.356 e. The molecule has 1 heterocycles. The molecule has 0 aromatic carbocycles. The molecule has 4 nitrogen and oxygen atoms in total. The summed E-state index contributed by atoms with van der Waals surface area (Å²) in [4.78, 5) is 7.86. The average Bonchev–Trinajstić information content (AvgIpc) is 3.04. The lowest BCUT2D eigenvalue weighted by Crippen LogP contribution is -2.46. The summed E-state index contributed by atoms with van der Waals surface area (Å²) in [5.41, 5.74) is -0.809. The van der Waals surface area contributed by atoms with Gasteiger partial charge in [0.15, 0.2) is 11.7 Å². The van der Waals surface area contributed by atoms with E-state index in [9.17, 15) is 13.2 Å². The maximum absolute atomic E-state index is 12.6. The zero-order chi connectivity index (χ0) is 18.3. The topological polar surface area (TPSA) is 49.3 Å². The second kappa shape index (κ2) is 9.66. The molecule has 2 unspecified atom stereocenters. The van der Waals surface area contributed by atoms with Gasteiger partial charge in [-0.3, -0.25) is 4.99 Å². The van der Waals surface area contributed by atoms with Gasteiger partial charge in [0.1, 0.15) is 0 Å². The molecule has 2 rings (SSSR count). The van der Waals surface area contributed by atoms with Crippen LogP contribution >= 0.6 is 23.1 Å². The predicted molar refractivity (Wildman–Crippen MR) is 99.5 cm³/mol. The molecule has 0 amide bonds. The largest absolute Gasteiger partial charge is 0.434 e. The number of guanidine groups is 1. The van der Waals surface area contributed by atoms with E-state index in [0.29, 0.717) is 35.2 Å². The van der Waals surface area contributed by atoms with Crippen molar-refractivity contribution in [2.24, 2.45) is 4.99 Å². The lowest BCUT2D eigenvalue weighted by molar-refractivity contribution is -0.140. The van der Waals surface area contributed by atoms with Crippen molar-refractivity contribution < 1.29 is 13.2 Å². The third kappa shape index (κ3) is 6.69. The fourth-order valence-electron chi connectivity index (χ4n) is 2.89.